The summed E-state index contributed by atoms with van der Waals surface area (Å²) in [6.45, 7) is 3.92. The lowest BCUT2D eigenvalue weighted by Gasteiger charge is -2.28. The van der Waals surface area contributed by atoms with Crippen molar-refractivity contribution >= 4 is 17.4 Å². The number of carbonyl (C=O) groups excluding carboxylic acids is 1. The van der Waals surface area contributed by atoms with E-state index < -0.39 is 0 Å². The van der Waals surface area contributed by atoms with Crippen LogP contribution < -0.4 is 0 Å². The zero-order valence-electron chi connectivity index (χ0n) is 9.85. The van der Waals surface area contributed by atoms with Crippen molar-refractivity contribution in [3.05, 3.63) is 22.4 Å². The minimum absolute atomic E-state index is 0.165. The first-order valence-corrected chi connectivity index (χ1v) is 6.63. The SMILES string of the molecule is CC(c1cccs1)N(C)C(=O)N1CCCC1. The molecule has 2 amide bonds. The Morgan fingerprint density at radius 1 is 1.50 bits per heavy atom. The van der Waals surface area contributed by atoms with Crippen molar-refractivity contribution in [2.45, 2.75) is 25.8 Å². The lowest BCUT2D eigenvalue weighted by molar-refractivity contribution is 0.160. The molecule has 88 valence electrons. The summed E-state index contributed by atoms with van der Waals surface area (Å²) < 4.78 is 0. The minimum atomic E-state index is 0.165. The van der Waals surface area contributed by atoms with Gasteiger partial charge in [-0.05, 0) is 31.2 Å². The third-order valence-corrected chi connectivity index (χ3v) is 4.26. The lowest BCUT2D eigenvalue weighted by Crippen LogP contribution is -2.40. The summed E-state index contributed by atoms with van der Waals surface area (Å²) in [7, 11) is 1.89. The van der Waals surface area contributed by atoms with E-state index in [0.717, 1.165) is 25.9 Å². The number of rotatable bonds is 2. The quantitative estimate of drug-likeness (QED) is 0.777. The predicted octanol–water partition coefficient (Wildman–Crippen LogP) is 2.96. The fourth-order valence-corrected chi connectivity index (χ4v) is 2.84. The topological polar surface area (TPSA) is 23.6 Å². The molecule has 0 radical (unpaired) electrons. The van der Waals surface area contributed by atoms with Gasteiger partial charge < -0.3 is 9.80 Å². The molecule has 1 aromatic rings. The van der Waals surface area contributed by atoms with E-state index in [-0.39, 0.29) is 12.1 Å². The summed E-state index contributed by atoms with van der Waals surface area (Å²) in [5, 5.41) is 2.06. The molecule has 0 spiro atoms. The van der Waals surface area contributed by atoms with Crippen LogP contribution in [0.25, 0.3) is 0 Å². The Balaban J connectivity index is 2.01. The summed E-state index contributed by atoms with van der Waals surface area (Å²) in [6.07, 6.45) is 2.29. The number of likely N-dealkylation sites (tertiary alicyclic amines) is 1. The van der Waals surface area contributed by atoms with Crippen LogP contribution in [-0.4, -0.2) is 36.0 Å². The van der Waals surface area contributed by atoms with E-state index in [0.29, 0.717) is 0 Å². The van der Waals surface area contributed by atoms with Gasteiger partial charge in [0.15, 0.2) is 0 Å². The molecule has 0 bridgehead atoms. The predicted molar refractivity (Wildman–Crippen MR) is 66.7 cm³/mol. The molecule has 1 atom stereocenters. The molecule has 0 aliphatic carbocycles. The van der Waals surface area contributed by atoms with E-state index in [1.54, 1.807) is 11.3 Å². The highest BCUT2D eigenvalue weighted by Gasteiger charge is 2.25. The Morgan fingerprint density at radius 2 is 2.19 bits per heavy atom. The molecule has 0 saturated carbocycles. The van der Waals surface area contributed by atoms with Crippen molar-refractivity contribution in [3.63, 3.8) is 0 Å². The normalized spacial score (nSPS) is 17.5. The van der Waals surface area contributed by atoms with Crippen LogP contribution in [0.4, 0.5) is 4.79 Å². The van der Waals surface area contributed by atoms with Gasteiger partial charge in [-0.25, -0.2) is 4.79 Å². The first-order chi connectivity index (χ1) is 7.70. The fraction of sp³-hybridized carbons (Fsp3) is 0.583. The van der Waals surface area contributed by atoms with Crippen molar-refractivity contribution in [3.8, 4) is 0 Å². The number of hydrogen-bond acceptors (Lipinski definition) is 2. The van der Waals surface area contributed by atoms with Crippen LogP contribution in [0.3, 0.4) is 0 Å². The molecular formula is C12H18N2OS. The van der Waals surface area contributed by atoms with Gasteiger partial charge in [-0.1, -0.05) is 6.07 Å². The van der Waals surface area contributed by atoms with Crippen LogP contribution in [0, 0.1) is 0 Å². The zero-order chi connectivity index (χ0) is 11.5. The summed E-state index contributed by atoms with van der Waals surface area (Å²) >= 11 is 1.71. The first kappa shape index (κ1) is 11.5. The number of hydrogen-bond donors (Lipinski definition) is 0. The first-order valence-electron chi connectivity index (χ1n) is 5.75. The third-order valence-electron chi connectivity index (χ3n) is 3.21. The summed E-state index contributed by atoms with van der Waals surface area (Å²) in [4.78, 5) is 17.2. The van der Waals surface area contributed by atoms with Crippen LogP contribution in [0.1, 0.15) is 30.7 Å². The van der Waals surface area contributed by atoms with Gasteiger partial charge in [0, 0.05) is 25.0 Å². The number of urea groups is 1. The average Bonchev–Trinajstić information content (AvgIpc) is 2.97. The molecule has 1 fully saturated rings. The molecule has 2 heterocycles. The highest BCUT2D eigenvalue weighted by Crippen LogP contribution is 2.24. The van der Waals surface area contributed by atoms with Gasteiger partial charge in [0.05, 0.1) is 6.04 Å². The molecule has 0 N–H and O–H groups in total. The molecule has 16 heavy (non-hydrogen) atoms. The minimum Gasteiger partial charge on any atom is -0.325 e. The standard InChI is InChI=1S/C12H18N2OS/c1-10(11-6-5-9-16-11)13(2)12(15)14-7-3-4-8-14/h5-6,9-10H,3-4,7-8H2,1-2H3. The third kappa shape index (κ3) is 2.21. The Morgan fingerprint density at radius 3 is 2.75 bits per heavy atom. The highest BCUT2D eigenvalue weighted by molar-refractivity contribution is 7.10. The second kappa shape index (κ2) is 4.87. The maximum absolute atomic E-state index is 12.1. The van der Waals surface area contributed by atoms with Crippen molar-refractivity contribution < 1.29 is 4.79 Å². The van der Waals surface area contributed by atoms with Gasteiger partial charge in [0.1, 0.15) is 0 Å². The van der Waals surface area contributed by atoms with E-state index in [9.17, 15) is 4.79 Å². The Kier molecular flexibility index (Phi) is 3.49. The fourth-order valence-electron chi connectivity index (χ4n) is 2.02. The summed E-state index contributed by atoms with van der Waals surface area (Å²) in [5.74, 6) is 0. The van der Waals surface area contributed by atoms with Crippen LogP contribution >= 0.6 is 11.3 Å². The molecule has 3 nitrogen and oxygen atoms in total. The van der Waals surface area contributed by atoms with Gasteiger partial charge in [-0.15, -0.1) is 11.3 Å². The van der Waals surface area contributed by atoms with Crippen LogP contribution in [0.2, 0.25) is 0 Å². The van der Waals surface area contributed by atoms with Crippen LogP contribution in [0.15, 0.2) is 17.5 Å². The van der Waals surface area contributed by atoms with Crippen molar-refractivity contribution in [1.82, 2.24) is 9.80 Å². The molecule has 2 rings (SSSR count). The molecule has 1 saturated heterocycles. The van der Waals surface area contributed by atoms with Crippen LogP contribution in [0.5, 0.6) is 0 Å². The lowest BCUT2D eigenvalue weighted by atomic mass is 10.2. The van der Waals surface area contributed by atoms with Gasteiger partial charge in [0.2, 0.25) is 0 Å². The zero-order valence-corrected chi connectivity index (χ0v) is 10.7. The molecule has 0 aromatic carbocycles. The van der Waals surface area contributed by atoms with E-state index in [4.69, 9.17) is 0 Å². The maximum atomic E-state index is 12.1. The number of amides is 2. The summed E-state index contributed by atoms with van der Waals surface area (Å²) in [6, 6.07) is 4.46. The van der Waals surface area contributed by atoms with Gasteiger partial charge >= 0.3 is 6.03 Å². The average molecular weight is 238 g/mol. The van der Waals surface area contributed by atoms with Crippen molar-refractivity contribution in [2.24, 2.45) is 0 Å². The number of nitrogens with zero attached hydrogens (tertiary/aromatic N) is 2. The smallest absolute Gasteiger partial charge is 0.320 e. The second-order valence-electron chi connectivity index (χ2n) is 4.28. The number of thiophene rings is 1. The van der Waals surface area contributed by atoms with Crippen molar-refractivity contribution in [2.75, 3.05) is 20.1 Å². The van der Waals surface area contributed by atoms with Gasteiger partial charge in [0.25, 0.3) is 0 Å². The highest BCUT2D eigenvalue weighted by atomic mass is 32.1. The monoisotopic (exact) mass is 238 g/mol. The largest absolute Gasteiger partial charge is 0.325 e. The molecule has 1 aliphatic heterocycles. The Bertz CT molecular complexity index is 344. The summed E-state index contributed by atoms with van der Waals surface area (Å²) in [5.41, 5.74) is 0. The van der Waals surface area contributed by atoms with Gasteiger partial charge in [-0.3, -0.25) is 0 Å². The maximum Gasteiger partial charge on any atom is 0.320 e. The Labute approximate surface area is 101 Å². The van der Waals surface area contributed by atoms with E-state index in [1.807, 2.05) is 22.9 Å². The van der Waals surface area contributed by atoms with E-state index in [2.05, 4.69) is 18.4 Å². The molecule has 1 aliphatic rings. The van der Waals surface area contributed by atoms with Gasteiger partial charge in [-0.2, -0.15) is 0 Å². The Hall–Kier alpha value is -1.03. The molecule has 1 aromatic heterocycles. The van der Waals surface area contributed by atoms with E-state index in [1.165, 1.54) is 4.88 Å². The number of carbonyl (C=O) groups is 1. The molecule has 1 unspecified atom stereocenters. The molecule has 4 heteroatoms. The van der Waals surface area contributed by atoms with Crippen molar-refractivity contribution in [1.29, 1.82) is 0 Å². The molecular weight excluding hydrogens is 220 g/mol. The second-order valence-corrected chi connectivity index (χ2v) is 5.26. The van der Waals surface area contributed by atoms with Crippen LogP contribution in [-0.2, 0) is 0 Å². The van der Waals surface area contributed by atoms with E-state index >= 15 is 0 Å².